The zero-order valence-corrected chi connectivity index (χ0v) is 9.02. The Morgan fingerprint density at radius 1 is 1.07 bits per heavy atom. The molecule has 1 atom stereocenters. The summed E-state index contributed by atoms with van der Waals surface area (Å²) in [6.45, 7) is 1.29. The molecule has 2 aliphatic carbocycles. The van der Waals surface area contributed by atoms with Gasteiger partial charge in [-0.2, -0.15) is 0 Å². The second kappa shape index (κ2) is 2.96. The summed E-state index contributed by atoms with van der Waals surface area (Å²) >= 11 is 0. The first kappa shape index (κ1) is 9.17. The Kier molecular flexibility index (Phi) is 1.94. The highest BCUT2D eigenvalue weighted by atomic mass is 15.2. The number of hydrogen-bond acceptors (Lipinski definition) is 2. The topological polar surface area (TPSA) is 48.0 Å². The van der Waals surface area contributed by atoms with Crippen molar-refractivity contribution in [3.63, 3.8) is 0 Å². The Bertz CT molecular complexity index is 224. The fourth-order valence-corrected chi connectivity index (χ4v) is 3.80. The van der Waals surface area contributed by atoms with Crippen LogP contribution in [0.2, 0.25) is 0 Å². The molecule has 0 aromatic carbocycles. The fraction of sp³-hybridized carbons (Fsp3) is 1.00. The van der Waals surface area contributed by atoms with Gasteiger partial charge in [0.05, 0.1) is 0 Å². The Morgan fingerprint density at radius 3 is 2.43 bits per heavy atom. The van der Waals surface area contributed by atoms with Gasteiger partial charge in [-0.1, -0.05) is 6.42 Å². The molecule has 3 aliphatic rings. The minimum absolute atomic E-state index is 0.505. The lowest BCUT2D eigenvalue weighted by atomic mass is 9.61. The molecule has 3 N–H and O–H groups in total. The highest BCUT2D eigenvalue weighted by molar-refractivity contribution is 5.10. The molecule has 0 radical (unpaired) electrons. The Morgan fingerprint density at radius 2 is 1.79 bits per heavy atom. The molecule has 1 unspecified atom stereocenters. The molecule has 0 bridgehead atoms. The minimum atomic E-state index is 0.505. The summed E-state index contributed by atoms with van der Waals surface area (Å²) in [6, 6.07) is 0.505. The molecule has 1 heterocycles. The highest BCUT2D eigenvalue weighted by Gasteiger charge is 2.51. The average molecular weight is 194 g/mol. The van der Waals surface area contributed by atoms with Gasteiger partial charge in [0.25, 0.3) is 0 Å². The predicted molar refractivity (Wildman–Crippen MR) is 58.1 cm³/mol. The van der Waals surface area contributed by atoms with E-state index in [1.54, 1.807) is 0 Å². The van der Waals surface area contributed by atoms with Crippen LogP contribution in [0.15, 0.2) is 0 Å². The van der Waals surface area contributed by atoms with Crippen molar-refractivity contribution in [1.82, 2.24) is 5.32 Å². The Balaban J connectivity index is 1.70. The number of nitrogens with one attached hydrogen (secondary N) is 1. The summed E-state index contributed by atoms with van der Waals surface area (Å²) in [6.07, 6.45) is 11.2. The summed E-state index contributed by atoms with van der Waals surface area (Å²) in [7, 11) is 0. The lowest BCUT2D eigenvalue weighted by Gasteiger charge is -2.45. The first-order valence-electron chi connectivity index (χ1n) is 6.23. The summed E-state index contributed by atoms with van der Waals surface area (Å²) in [5.74, 6) is 0. The molecule has 0 aromatic heterocycles. The second-order valence-corrected chi connectivity index (χ2v) is 6.00. The molecule has 2 saturated carbocycles. The van der Waals surface area contributed by atoms with Crippen LogP contribution in [0.3, 0.4) is 0 Å². The number of hydrogen-bond donors (Lipinski definition) is 2. The minimum Gasteiger partial charge on any atom is -0.328 e. The maximum absolute atomic E-state index is 5.99. The van der Waals surface area contributed by atoms with Crippen LogP contribution in [0.25, 0.3) is 0 Å². The van der Waals surface area contributed by atoms with Crippen molar-refractivity contribution in [2.45, 2.75) is 62.9 Å². The van der Waals surface area contributed by atoms with Crippen molar-refractivity contribution >= 4 is 0 Å². The summed E-state index contributed by atoms with van der Waals surface area (Å²) in [5.41, 5.74) is 7.28. The van der Waals surface area contributed by atoms with Gasteiger partial charge in [-0.3, -0.25) is 0 Å². The largest absolute Gasteiger partial charge is 0.328 e. The molecule has 1 aliphatic heterocycles. The molecule has 0 aromatic rings. The SMILES string of the molecule is NC1CCC2(CCCC3(CN3)C2)CC1. The van der Waals surface area contributed by atoms with Gasteiger partial charge >= 0.3 is 0 Å². The molecule has 3 fully saturated rings. The second-order valence-electron chi connectivity index (χ2n) is 6.00. The first-order valence-corrected chi connectivity index (χ1v) is 6.23. The molecule has 14 heavy (non-hydrogen) atoms. The van der Waals surface area contributed by atoms with Crippen LogP contribution >= 0.6 is 0 Å². The van der Waals surface area contributed by atoms with Crippen molar-refractivity contribution in [2.24, 2.45) is 11.1 Å². The lowest BCUT2D eigenvalue weighted by Crippen LogP contribution is -2.40. The molecular formula is C12H22N2. The van der Waals surface area contributed by atoms with Crippen molar-refractivity contribution in [3.05, 3.63) is 0 Å². The van der Waals surface area contributed by atoms with Crippen molar-refractivity contribution in [3.8, 4) is 0 Å². The third-order valence-electron chi connectivity index (χ3n) is 4.84. The van der Waals surface area contributed by atoms with Crippen LogP contribution in [0.4, 0.5) is 0 Å². The van der Waals surface area contributed by atoms with Crippen LogP contribution in [-0.4, -0.2) is 18.1 Å². The molecule has 2 spiro atoms. The smallest absolute Gasteiger partial charge is 0.0312 e. The Hall–Kier alpha value is -0.0800. The number of rotatable bonds is 0. The van der Waals surface area contributed by atoms with E-state index >= 15 is 0 Å². The van der Waals surface area contributed by atoms with Crippen molar-refractivity contribution in [1.29, 1.82) is 0 Å². The van der Waals surface area contributed by atoms with Gasteiger partial charge in [-0.05, 0) is 50.4 Å². The van der Waals surface area contributed by atoms with Gasteiger partial charge in [-0.15, -0.1) is 0 Å². The maximum Gasteiger partial charge on any atom is 0.0312 e. The van der Waals surface area contributed by atoms with E-state index in [0.29, 0.717) is 17.0 Å². The van der Waals surface area contributed by atoms with E-state index in [1.165, 1.54) is 57.9 Å². The fourth-order valence-electron chi connectivity index (χ4n) is 3.80. The lowest BCUT2D eigenvalue weighted by molar-refractivity contribution is 0.0947. The number of nitrogens with two attached hydrogens (primary N) is 1. The highest BCUT2D eigenvalue weighted by Crippen LogP contribution is 2.52. The third kappa shape index (κ3) is 1.49. The zero-order chi connectivity index (χ0) is 9.65. The molecule has 1 saturated heterocycles. The van der Waals surface area contributed by atoms with E-state index in [2.05, 4.69) is 5.32 Å². The van der Waals surface area contributed by atoms with Crippen LogP contribution < -0.4 is 11.1 Å². The summed E-state index contributed by atoms with van der Waals surface area (Å²) in [5, 5.41) is 3.60. The molecule has 2 nitrogen and oxygen atoms in total. The van der Waals surface area contributed by atoms with Crippen molar-refractivity contribution < 1.29 is 0 Å². The van der Waals surface area contributed by atoms with E-state index in [9.17, 15) is 0 Å². The third-order valence-corrected chi connectivity index (χ3v) is 4.84. The first-order chi connectivity index (χ1) is 6.72. The van der Waals surface area contributed by atoms with Gasteiger partial charge < -0.3 is 11.1 Å². The molecule has 3 rings (SSSR count). The quantitative estimate of drug-likeness (QED) is 0.578. The monoisotopic (exact) mass is 194 g/mol. The zero-order valence-electron chi connectivity index (χ0n) is 9.02. The van der Waals surface area contributed by atoms with Gasteiger partial charge in [0, 0.05) is 18.1 Å². The van der Waals surface area contributed by atoms with Gasteiger partial charge in [0.1, 0.15) is 0 Å². The molecule has 80 valence electrons. The van der Waals surface area contributed by atoms with Crippen molar-refractivity contribution in [2.75, 3.05) is 6.54 Å². The van der Waals surface area contributed by atoms with E-state index in [4.69, 9.17) is 5.73 Å². The van der Waals surface area contributed by atoms with E-state index in [1.807, 2.05) is 0 Å². The summed E-state index contributed by atoms with van der Waals surface area (Å²) < 4.78 is 0. The predicted octanol–water partition coefficient (Wildman–Crippen LogP) is 1.79. The van der Waals surface area contributed by atoms with Gasteiger partial charge in [-0.25, -0.2) is 0 Å². The average Bonchev–Trinajstić information content (AvgIpc) is 2.91. The molecule has 2 heteroatoms. The van der Waals surface area contributed by atoms with Crippen LogP contribution in [0, 0.1) is 5.41 Å². The maximum atomic E-state index is 5.99. The normalized spacial score (nSPS) is 52.5. The van der Waals surface area contributed by atoms with Crippen LogP contribution in [-0.2, 0) is 0 Å². The Labute approximate surface area is 86.6 Å². The van der Waals surface area contributed by atoms with Gasteiger partial charge in [0.15, 0.2) is 0 Å². The molecular weight excluding hydrogens is 172 g/mol. The van der Waals surface area contributed by atoms with Gasteiger partial charge in [0.2, 0.25) is 0 Å². The van der Waals surface area contributed by atoms with E-state index < -0.39 is 0 Å². The van der Waals surface area contributed by atoms with Crippen LogP contribution in [0.5, 0.6) is 0 Å². The summed E-state index contributed by atoms with van der Waals surface area (Å²) in [4.78, 5) is 0. The molecule has 0 amide bonds. The van der Waals surface area contributed by atoms with E-state index in [0.717, 1.165) is 0 Å². The van der Waals surface area contributed by atoms with E-state index in [-0.39, 0.29) is 0 Å². The van der Waals surface area contributed by atoms with Crippen LogP contribution in [0.1, 0.15) is 51.4 Å². The standard InChI is InChI=1S/C12H22N2/c13-10-2-6-11(7-3-10)4-1-5-12(8-11)9-14-12/h10,14H,1-9,13H2.